The van der Waals surface area contributed by atoms with Crippen LogP contribution in [0.5, 0.6) is 0 Å². The first-order chi connectivity index (χ1) is 14.0. The third-order valence-electron chi connectivity index (χ3n) is 6.15. The average molecular weight is 422 g/mol. The lowest BCUT2D eigenvalue weighted by Gasteiger charge is -2.39. The van der Waals surface area contributed by atoms with Crippen LogP contribution in [-0.4, -0.2) is 88.2 Å². The summed E-state index contributed by atoms with van der Waals surface area (Å²) in [4.78, 5) is 44.9. The van der Waals surface area contributed by atoms with Crippen molar-refractivity contribution in [1.82, 2.24) is 24.9 Å². The topological polar surface area (TPSA) is 96.4 Å². The number of likely N-dealkylation sites (tertiary alicyclic amines) is 1. The molecule has 168 valence electrons. The van der Waals surface area contributed by atoms with E-state index in [1.165, 1.54) is 0 Å². The molecule has 1 unspecified atom stereocenters. The van der Waals surface area contributed by atoms with Crippen LogP contribution in [0.1, 0.15) is 47.0 Å². The molecule has 3 amide bonds. The zero-order valence-corrected chi connectivity index (χ0v) is 18.7. The van der Waals surface area contributed by atoms with E-state index in [0.29, 0.717) is 32.6 Å². The Kier molecular flexibility index (Phi) is 6.19. The van der Waals surface area contributed by atoms with Gasteiger partial charge in [-0.3, -0.25) is 9.59 Å². The van der Waals surface area contributed by atoms with E-state index in [2.05, 4.69) is 31.0 Å². The van der Waals surface area contributed by atoms with Gasteiger partial charge in [0.1, 0.15) is 11.7 Å². The number of hydrogen-bond acceptors (Lipinski definition) is 5. The summed E-state index contributed by atoms with van der Waals surface area (Å²) in [5.41, 5.74) is 0.745. The van der Waals surface area contributed by atoms with Crippen LogP contribution in [0.4, 0.5) is 4.79 Å². The molecule has 2 N–H and O–H groups in total. The lowest BCUT2D eigenvalue weighted by atomic mass is 9.81. The van der Waals surface area contributed by atoms with Gasteiger partial charge in [0.05, 0.1) is 13.3 Å². The molecule has 0 bridgehead atoms. The Hall–Kier alpha value is -2.45. The van der Waals surface area contributed by atoms with E-state index in [1.54, 1.807) is 4.90 Å². The van der Waals surface area contributed by atoms with Crippen molar-refractivity contribution >= 4 is 17.9 Å². The first-order valence-corrected chi connectivity index (χ1v) is 10.7. The maximum Gasteiger partial charge on any atom is 0.405 e. The van der Waals surface area contributed by atoms with Gasteiger partial charge < -0.3 is 30.0 Å². The minimum Gasteiger partial charge on any atom is -0.465 e. The number of fused-ring (bicyclic) bond motifs is 1. The number of carboxylic acid groups (broad SMARTS) is 1. The van der Waals surface area contributed by atoms with Crippen LogP contribution in [-0.2, 0) is 9.59 Å². The highest BCUT2D eigenvalue weighted by molar-refractivity contribution is 5.95. The van der Waals surface area contributed by atoms with Crippen molar-refractivity contribution in [3.8, 4) is 0 Å². The second-order valence-electron chi connectivity index (χ2n) is 10.1. The summed E-state index contributed by atoms with van der Waals surface area (Å²) in [6, 6.07) is -0.644. The summed E-state index contributed by atoms with van der Waals surface area (Å²) >= 11 is 0. The van der Waals surface area contributed by atoms with E-state index in [-0.39, 0.29) is 29.2 Å². The molecule has 0 aromatic carbocycles. The van der Waals surface area contributed by atoms with E-state index < -0.39 is 12.1 Å². The third-order valence-corrected chi connectivity index (χ3v) is 6.15. The summed E-state index contributed by atoms with van der Waals surface area (Å²) in [7, 11) is 1.95. The van der Waals surface area contributed by atoms with Crippen LogP contribution in [0.15, 0.2) is 11.9 Å². The van der Waals surface area contributed by atoms with Gasteiger partial charge in [-0.05, 0) is 30.6 Å². The first-order valence-electron chi connectivity index (χ1n) is 10.7. The molecule has 9 nitrogen and oxygen atoms in total. The Labute approximate surface area is 178 Å². The molecule has 3 heterocycles. The number of nitrogens with one attached hydrogen (secondary N) is 1. The molecule has 2 fully saturated rings. The van der Waals surface area contributed by atoms with Crippen LogP contribution < -0.4 is 5.32 Å². The number of piperidine rings is 1. The lowest BCUT2D eigenvalue weighted by Crippen LogP contribution is -2.55. The van der Waals surface area contributed by atoms with Gasteiger partial charge in [0, 0.05) is 32.4 Å². The van der Waals surface area contributed by atoms with Crippen LogP contribution in [0.3, 0.4) is 0 Å². The van der Waals surface area contributed by atoms with Crippen molar-refractivity contribution in [3.05, 3.63) is 11.9 Å². The van der Waals surface area contributed by atoms with Gasteiger partial charge in [0.15, 0.2) is 0 Å². The number of amides is 3. The lowest BCUT2D eigenvalue weighted by molar-refractivity contribution is -0.137. The highest BCUT2D eigenvalue weighted by Gasteiger charge is 2.42. The summed E-state index contributed by atoms with van der Waals surface area (Å²) in [6.45, 7) is 10.6. The summed E-state index contributed by atoms with van der Waals surface area (Å²) < 4.78 is 0. The Morgan fingerprint density at radius 2 is 1.87 bits per heavy atom. The Balaban J connectivity index is 1.60. The normalized spacial score (nSPS) is 22.2. The van der Waals surface area contributed by atoms with Crippen molar-refractivity contribution in [3.63, 3.8) is 0 Å². The highest BCUT2D eigenvalue weighted by Crippen LogP contribution is 2.30. The van der Waals surface area contributed by atoms with Gasteiger partial charge in [-0.2, -0.15) is 0 Å². The van der Waals surface area contributed by atoms with E-state index in [4.69, 9.17) is 0 Å². The molecule has 9 heteroatoms. The predicted molar refractivity (Wildman–Crippen MR) is 112 cm³/mol. The molecule has 2 atom stereocenters. The minimum absolute atomic E-state index is 0.00259. The van der Waals surface area contributed by atoms with Crippen LogP contribution in [0.25, 0.3) is 0 Å². The van der Waals surface area contributed by atoms with E-state index in [1.807, 2.05) is 30.0 Å². The maximum absolute atomic E-state index is 13.1. The van der Waals surface area contributed by atoms with Crippen LogP contribution in [0, 0.1) is 11.3 Å². The highest BCUT2D eigenvalue weighted by atomic mass is 16.4. The van der Waals surface area contributed by atoms with Crippen molar-refractivity contribution < 1.29 is 19.5 Å². The third kappa shape index (κ3) is 4.82. The number of hydrogen-bond donors (Lipinski definition) is 2. The molecule has 0 aromatic heterocycles. The fourth-order valence-corrected chi connectivity index (χ4v) is 4.92. The summed E-state index contributed by atoms with van der Waals surface area (Å²) in [6.07, 6.45) is 2.87. The van der Waals surface area contributed by atoms with Gasteiger partial charge in [0.25, 0.3) is 5.91 Å². The molecule has 3 aliphatic rings. The summed E-state index contributed by atoms with van der Waals surface area (Å²) in [5.74, 6) is -0.207. The largest absolute Gasteiger partial charge is 0.465 e. The zero-order valence-electron chi connectivity index (χ0n) is 18.7. The fraction of sp³-hybridized carbons (Fsp3) is 0.762. The Morgan fingerprint density at radius 3 is 2.40 bits per heavy atom. The van der Waals surface area contributed by atoms with Gasteiger partial charge in [-0.25, -0.2) is 4.79 Å². The molecule has 0 saturated carbocycles. The smallest absolute Gasteiger partial charge is 0.405 e. The molecular weight excluding hydrogens is 386 g/mol. The quantitative estimate of drug-likeness (QED) is 0.699. The monoisotopic (exact) mass is 421 g/mol. The van der Waals surface area contributed by atoms with Crippen LogP contribution in [0.2, 0.25) is 0 Å². The molecule has 0 aliphatic carbocycles. The minimum atomic E-state index is -1.18. The molecule has 3 rings (SSSR count). The van der Waals surface area contributed by atoms with E-state index >= 15 is 0 Å². The molecular formula is C21H35N5O4. The number of nitrogens with zero attached hydrogens (tertiary/aromatic N) is 4. The predicted octanol–water partition coefficient (Wildman–Crippen LogP) is 1.53. The number of carbonyl (C=O) groups excluding carboxylic acids is 2. The molecule has 0 aromatic rings. The van der Waals surface area contributed by atoms with Crippen molar-refractivity contribution in [1.29, 1.82) is 0 Å². The van der Waals surface area contributed by atoms with Gasteiger partial charge in [-0.15, -0.1) is 0 Å². The van der Waals surface area contributed by atoms with E-state index in [9.17, 15) is 19.5 Å². The van der Waals surface area contributed by atoms with Gasteiger partial charge in [-0.1, -0.05) is 27.7 Å². The number of rotatable bonds is 5. The maximum atomic E-state index is 13.1. The standard InChI is InChI=1S/C21H35N5O4/c1-14(10-21(2,3)4)17(22-20(29)30)19(28)24-8-6-15(7-9-24)26-13-25-12-23(5)11-16(25)18(26)27/h11,14-15,17,22H,6-10,12-13H2,1-5H3,(H,29,30)/t14?,17-/m1/s1. The van der Waals surface area contributed by atoms with Crippen molar-refractivity contribution in [2.45, 2.75) is 59.0 Å². The van der Waals surface area contributed by atoms with Gasteiger partial charge in [0.2, 0.25) is 5.91 Å². The second kappa shape index (κ2) is 8.35. The molecule has 30 heavy (non-hydrogen) atoms. The zero-order chi connectivity index (χ0) is 22.2. The van der Waals surface area contributed by atoms with Crippen molar-refractivity contribution in [2.75, 3.05) is 33.5 Å². The van der Waals surface area contributed by atoms with Crippen molar-refractivity contribution in [2.24, 2.45) is 11.3 Å². The average Bonchev–Trinajstić information content (AvgIpc) is 3.15. The van der Waals surface area contributed by atoms with Gasteiger partial charge >= 0.3 is 6.09 Å². The molecule has 0 radical (unpaired) electrons. The summed E-state index contributed by atoms with van der Waals surface area (Å²) in [5, 5.41) is 11.7. The second-order valence-corrected chi connectivity index (χ2v) is 10.1. The van der Waals surface area contributed by atoms with E-state index in [0.717, 1.165) is 18.8 Å². The number of carbonyl (C=O) groups is 3. The fourth-order valence-electron chi connectivity index (χ4n) is 4.92. The Morgan fingerprint density at radius 1 is 1.23 bits per heavy atom. The molecule has 2 saturated heterocycles. The SMILES string of the molecule is CC(CC(C)(C)C)[C@@H](NC(=O)O)C(=O)N1CCC(N2CN3CN(C)C=C3C2=O)CC1. The molecule has 0 spiro atoms. The Bertz CT molecular complexity index is 723. The molecule has 3 aliphatic heterocycles. The first kappa shape index (κ1) is 22.2. The van der Waals surface area contributed by atoms with Crippen LogP contribution >= 0.6 is 0 Å².